The topological polar surface area (TPSA) is 100 Å². The zero-order chi connectivity index (χ0) is 30.4. The molecular formula is C34H44ClN5O3. The summed E-state index contributed by atoms with van der Waals surface area (Å²) < 4.78 is 12.5. The Bertz CT molecular complexity index is 1350. The van der Waals surface area contributed by atoms with Gasteiger partial charge in [-0.25, -0.2) is 9.97 Å². The zero-order valence-electron chi connectivity index (χ0n) is 25.9. The number of carbonyl (C=O) groups excluding carboxylic acids is 1. The van der Waals surface area contributed by atoms with Crippen LogP contribution in [-0.2, 0) is 0 Å². The summed E-state index contributed by atoms with van der Waals surface area (Å²) in [5, 5.41) is 12.7. The van der Waals surface area contributed by atoms with Crippen LogP contribution in [0.1, 0.15) is 101 Å². The highest BCUT2D eigenvalue weighted by Gasteiger charge is 2.64. The summed E-state index contributed by atoms with van der Waals surface area (Å²) in [6, 6.07) is 8.17. The minimum absolute atomic E-state index is 0.141. The standard InChI is InChI=1S/C34H44ClN5O3/c1-32(2)29(33(3,4)30(32)42-25-11-10-22(19-36)27(35)16-25)39-28(41)23-20-37-31(38-21-23)43-26-17-34(18-26)12-14-40(15-13-34)24-8-6-5-7-9-24/h10-11,16,20-21,24,26,29-30H,5-9,12-15,17-18H2,1-4H3,(H,39,41). The first kappa shape index (κ1) is 30.1. The van der Waals surface area contributed by atoms with Crippen molar-refractivity contribution < 1.29 is 14.3 Å². The van der Waals surface area contributed by atoms with E-state index < -0.39 is 0 Å². The van der Waals surface area contributed by atoms with E-state index in [1.54, 1.807) is 30.6 Å². The van der Waals surface area contributed by atoms with Crippen molar-refractivity contribution in [2.75, 3.05) is 13.1 Å². The number of halogens is 1. The van der Waals surface area contributed by atoms with Crippen LogP contribution in [-0.4, -0.2) is 58.2 Å². The van der Waals surface area contributed by atoms with Crippen molar-refractivity contribution in [2.24, 2.45) is 16.2 Å². The number of piperidine rings is 1. The maximum atomic E-state index is 13.2. The average molecular weight is 606 g/mol. The number of benzene rings is 1. The second kappa shape index (κ2) is 11.6. The third kappa shape index (κ3) is 5.83. The average Bonchev–Trinajstić information content (AvgIpc) is 2.98. The molecule has 1 aromatic carbocycles. The van der Waals surface area contributed by atoms with Gasteiger partial charge in [-0.15, -0.1) is 0 Å². The largest absolute Gasteiger partial charge is 0.489 e. The summed E-state index contributed by atoms with van der Waals surface area (Å²) in [6.07, 6.45) is 14.7. The van der Waals surface area contributed by atoms with Crippen LogP contribution in [0.4, 0.5) is 0 Å². The van der Waals surface area contributed by atoms with Gasteiger partial charge < -0.3 is 19.7 Å². The third-order valence-electron chi connectivity index (χ3n) is 10.9. The molecule has 0 bridgehead atoms. The molecule has 3 saturated carbocycles. The first-order chi connectivity index (χ1) is 20.5. The van der Waals surface area contributed by atoms with Crippen LogP contribution in [0.25, 0.3) is 0 Å². The third-order valence-corrected chi connectivity index (χ3v) is 11.2. The fourth-order valence-corrected chi connectivity index (χ4v) is 8.87. The van der Waals surface area contributed by atoms with E-state index in [9.17, 15) is 4.79 Å². The Balaban J connectivity index is 0.987. The molecule has 0 atom stereocenters. The van der Waals surface area contributed by atoms with E-state index in [2.05, 4.69) is 53.9 Å². The lowest BCUT2D eigenvalue weighted by Crippen LogP contribution is -2.74. The van der Waals surface area contributed by atoms with Crippen LogP contribution in [0.5, 0.6) is 11.8 Å². The zero-order valence-corrected chi connectivity index (χ0v) is 26.6. The van der Waals surface area contributed by atoms with Gasteiger partial charge in [-0.2, -0.15) is 5.26 Å². The van der Waals surface area contributed by atoms with Crippen molar-refractivity contribution in [3.63, 3.8) is 0 Å². The summed E-state index contributed by atoms with van der Waals surface area (Å²) in [5.41, 5.74) is 0.535. The lowest BCUT2D eigenvalue weighted by molar-refractivity contribution is -0.164. The SMILES string of the molecule is CC1(C)C(NC(=O)c2cnc(OC3CC4(CCN(C5CCCCC5)CC4)C3)nc2)C(C)(C)C1Oc1ccc(C#N)c(Cl)c1. The maximum absolute atomic E-state index is 13.2. The van der Waals surface area contributed by atoms with Crippen LogP contribution in [0.3, 0.4) is 0 Å². The van der Waals surface area contributed by atoms with Gasteiger partial charge >= 0.3 is 6.01 Å². The number of ether oxygens (including phenoxy) is 2. The molecule has 1 aromatic heterocycles. The smallest absolute Gasteiger partial charge is 0.316 e. The Morgan fingerprint density at radius 3 is 2.28 bits per heavy atom. The number of nitrogens with zero attached hydrogens (tertiary/aromatic N) is 4. The van der Waals surface area contributed by atoms with E-state index in [0.717, 1.165) is 18.9 Å². The van der Waals surface area contributed by atoms with Crippen molar-refractivity contribution >= 4 is 17.5 Å². The molecule has 9 heteroatoms. The van der Waals surface area contributed by atoms with Gasteiger partial charge in [0.05, 0.1) is 16.1 Å². The molecule has 0 radical (unpaired) electrons. The van der Waals surface area contributed by atoms with Gasteiger partial charge in [-0.3, -0.25) is 4.79 Å². The molecule has 1 spiro atoms. The predicted molar refractivity (Wildman–Crippen MR) is 165 cm³/mol. The van der Waals surface area contributed by atoms with Gasteiger partial charge in [0.2, 0.25) is 0 Å². The number of nitrogens with one attached hydrogen (secondary N) is 1. The molecule has 8 nitrogen and oxygen atoms in total. The molecule has 1 amide bonds. The van der Waals surface area contributed by atoms with Crippen molar-refractivity contribution in [3.05, 3.63) is 46.7 Å². The minimum atomic E-state index is -0.351. The molecule has 1 saturated heterocycles. The Kier molecular flexibility index (Phi) is 8.10. The number of aromatic nitrogens is 2. The molecule has 2 heterocycles. The summed E-state index contributed by atoms with van der Waals surface area (Å²) in [6.45, 7) is 10.8. The monoisotopic (exact) mass is 605 g/mol. The molecule has 6 rings (SSSR count). The first-order valence-corrected chi connectivity index (χ1v) is 16.3. The summed E-state index contributed by atoms with van der Waals surface area (Å²) >= 11 is 6.21. The molecule has 2 aromatic rings. The highest BCUT2D eigenvalue weighted by atomic mass is 35.5. The van der Waals surface area contributed by atoms with Gasteiger partial charge in [0.15, 0.2) is 0 Å². The second-order valence-corrected chi connectivity index (χ2v) is 14.9. The normalized spacial score (nSPS) is 26.5. The van der Waals surface area contributed by atoms with Crippen molar-refractivity contribution in [1.29, 1.82) is 5.26 Å². The molecule has 1 aliphatic heterocycles. The molecule has 0 unspecified atom stereocenters. The number of rotatable bonds is 7. The van der Waals surface area contributed by atoms with Gasteiger partial charge in [-0.05, 0) is 69.2 Å². The van der Waals surface area contributed by atoms with E-state index in [1.807, 2.05) is 0 Å². The van der Waals surface area contributed by atoms with Gasteiger partial charge in [0, 0.05) is 41.4 Å². The van der Waals surface area contributed by atoms with Gasteiger partial charge in [-0.1, -0.05) is 58.6 Å². The second-order valence-electron chi connectivity index (χ2n) is 14.5. The highest BCUT2D eigenvalue weighted by Crippen LogP contribution is 2.56. The van der Waals surface area contributed by atoms with Crippen LogP contribution in [0.15, 0.2) is 30.6 Å². The van der Waals surface area contributed by atoms with E-state index >= 15 is 0 Å². The van der Waals surface area contributed by atoms with Crippen LogP contribution in [0, 0.1) is 27.6 Å². The Morgan fingerprint density at radius 1 is 1.02 bits per heavy atom. The Labute approximate surface area is 260 Å². The fraction of sp³-hybridized carbons (Fsp3) is 0.647. The molecular weight excluding hydrogens is 562 g/mol. The molecule has 4 fully saturated rings. The van der Waals surface area contributed by atoms with Crippen LogP contribution < -0.4 is 14.8 Å². The molecule has 3 aliphatic carbocycles. The lowest BCUT2D eigenvalue weighted by atomic mass is 9.49. The molecule has 1 N–H and O–H groups in total. The summed E-state index contributed by atoms with van der Waals surface area (Å²) in [5.74, 6) is 0.385. The summed E-state index contributed by atoms with van der Waals surface area (Å²) in [4.78, 5) is 24.7. The van der Waals surface area contributed by atoms with E-state index in [-0.39, 0.29) is 35.0 Å². The fourth-order valence-electron chi connectivity index (χ4n) is 8.66. The number of nitriles is 1. The predicted octanol–water partition coefficient (Wildman–Crippen LogP) is 6.57. The molecule has 230 valence electrons. The number of likely N-dealkylation sites (tertiary alicyclic amines) is 1. The number of amides is 1. The number of hydrogen-bond acceptors (Lipinski definition) is 7. The molecule has 43 heavy (non-hydrogen) atoms. The van der Waals surface area contributed by atoms with Crippen molar-refractivity contribution in [1.82, 2.24) is 20.2 Å². The quantitative estimate of drug-likeness (QED) is 0.381. The minimum Gasteiger partial charge on any atom is -0.489 e. The van der Waals surface area contributed by atoms with Gasteiger partial charge in [0.25, 0.3) is 5.91 Å². The first-order valence-electron chi connectivity index (χ1n) is 15.9. The van der Waals surface area contributed by atoms with E-state index in [4.69, 9.17) is 26.3 Å². The Hall–Kier alpha value is -2.89. The van der Waals surface area contributed by atoms with Crippen LogP contribution >= 0.6 is 11.6 Å². The number of carbonyl (C=O) groups is 1. The highest BCUT2D eigenvalue weighted by molar-refractivity contribution is 6.31. The summed E-state index contributed by atoms with van der Waals surface area (Å²) in [7, 11) is 0. The van der Waals surface area contributed by atoms with Gasteiger partial charge in [0.1, 0.15) is 24.0 Å². The van der Waals surface area contributed by atoms with Crippen molar-refractivity contribution in [2.45, 2.75) is 110 Å². The Morgan fingerprint density at radius 2 is 1.67 bits per heavy atom. The maximum Gasteiger partial charge on any atom is 0.316 e. The van der Waals surface area contributed by atoms with E-state index in [0.29, 0.717) is 33.3 Å². The van der Waals surface area contributed by atoms with E-state index in [1.165, 1.54) is 58.0 Å². The molecule has 4 aliphatic rings. The van der Waals surface area contributed by atoms with Crippen LogP contribution in [0.2, 0.25) is 5.02 Å². The van der Waals surface area contributed by atoms with Crippen molar-refractivity contribution in [3.8, 4) is 17.8 Å². The number of hydrogen-bond donors (Lipinski definition) is 1. The lowest BCUT2D eigenvalue weighted by Gasteiger charge is -2.63.